The van der Waals surface area contributed by atoms with Gasteiger partial charge >= 0.3 is 0 Å². The minimum atomic E-state index is 0.442. The number of nitrogens with one attached hydrogen (secondary N) is 2. The molecule has 0 aliphatic heterocycles. The van der Waals surface area contributed by atoms with Crippen molar-refractivity contribution in [3.05, 3.63) is 11.7 Å². The molecule has 0 saturated heterocycles. The lowest BCUT2D eigenvalue weighted by Crippen LogP contribution is -2.44. The lowest BCUT2D eigenvalue weighted by molar-refractivity contribution is 0.295. The van der Waals surface area contributed by atoms with E-state index >= 15 is 0 Å². The number of aliphatic imine (C=N–C) groups is 1. The van der Waals surface area contributed by atoms with E-state index < -0.39 is 0 Å². The molecule has 124 valence electrons. The van der Waals surface area contributed by atoms with E-state index in [0.717, 1.165) is 18.4 Å². The Balaban J connectivity index is 1.83. The first-order chi connectivity index (χ1) is 10.7. The van der Waals surface area contributed by atoms with Gasteiger partial charge in [-0.15, -0.1) is 0 Å². The topological polar surface area (TPSA) is 75.3 Å². The molecule has 22 heavy (non-hydrogen) atoms. The van der Waals surface area contributed by atoms with Crippen LogP contribution in [0, 0.1) is 12.8 Å². The van der Waals surface area contributed by atoms with Crippen LogP contribution in [-0.4, -0.2) is 28.7 Å². The van der Waals surface area contributed by atoms with Crippen molar-refractivity contribution in [3.63, 3.8) is 0 Å². The number of rotatable bonds is 6. The minimum absolute atomic E-state index is 0.442. The van der Waals surface area contributed by atoms with Crippen molar-refractivity contribution in [1.82, 2.24) is 20.8 Å². The van der Waals surface area contributed by atoms with Crippen LogP contribution in [0.4, 0.5) is 0 Å². The average Bonchev–Trinajstić information content (AvgIpc) is 2.93. The molecule has 1 aromatic rings. The van der Waals surface area contributed by atoms with Crippen molar-refractivity contribution in [2.75, 3.05) is 6.54 Å². The van der Waals surface area contributed by atoms with Gasteiger partial charge in [0.15, 0.2) is 11.8 Å². The van der Waals surface area contributed by atoms with Gasteiger partial charge in [0.2, 0.25) is 5.89 Å². The third-order valence-electron chi connectivity index (χ3n) is 4.18. The summed E-state index contributed by atoms with van der Waals surface area (Å²) in [6.45, 7) is 7.44. The quantitative estimate of drug-likeness (QED) is 0.624. The molecule has 1 heterocycles. The minimum Gasteiger partial charge on any atom is -0.357 e. The van der Waals surface area contributed by atoms with Crippen molar-refractivity contribution in [1.29, 1.82) is 0 Å². The Hall–Kier alpha value is -1.59. The van der Waals surface area contributed by atoms with E-state index in [1.54, 1.807) is 6.92 Å². The summed E-state index contributed by atoms with van der Waals surface area (Å²) < 4.78 is 4.97. The van der Waals surface area contributed by atoms with Gasteiger partial charge in [-0.2, -0.15) is 4.98 Å². The monoisotopic (exact) mass is 307 g/mol. The second-order valence-electron chi connectivity index (χ2n) is 6.08. The molecule has 2 rings (SSSR count). The molecular formula is C16H29N5O. The SMILES string of the molecule is CCCC1CCC(NC(=NCc2noc(C)n2)NCC)CC1. The fourth-order valence-electron chi connectivity index (χ4n) is 3.07. The highest BCUT2D eigenvalue weighted by molar-refractivity contribution is 5.80. The molecule has 2 N–H and O–H groups in total. The summed E-state index contributed by atoms with van der Waals surface area (Å²) in [7, 11) is 0. The number of aromatic nitrogens is 2. The van der Waals surface area contributed by atoms with Gasteiger partial charge in [-0.1, -0.05) is 24.9 Å². The number of guanidine groups is 1. The van der Waals surface area contributed by atoms with Gasteiger partial charge in [0.05, 0.1) is 0 Å². The molecule has 1 fully saturated rings. The Morgan fingerprint density at radius 2 is 2.05 bits per heavy atom. The van der Waals surface area contributed by atoms with Crippen molar-refractivity contribution < 1.29 is 4.52 Å². The average molecular weight is 307 g/mol. The first-order valence-electron chi connectivity index (χ1n) is 8.55. The Bertz CT molecular complexity index is 463. The highest BCUT2D eigenvalue weighted by Crippen LogP contribution is 2.27. The number of nitrogens with zero attached hydrogens (tertiary/aromatic N) is 3. The normalized spacial score (nSPS) is 22.6. The van der Waals surface area contributed by atoms with E-state index in [0.29, 0.717) is 24.3 Å². The summed E-state index contributed by atoms with van der Waals surface area (Å²) in [6, 6.07) is 0.526. The zero-order chi connectivity index (χ0) is 15.8. The largest absolute Gasteiger partial charge is 0.357 e. The van der Waals surface area contributed by atoms with Gasteiger partial charge < -0.3 is 15.2 Å². The second-order valence-corrected chi connectivity index (χ2v) is 6.08. The summed E-state index contributed by atoms with van der Waals surface area (Å²) in [5, 5.41) is 10.7. The standard InChI is InChI=1S/C16H29N5O/c1-4-6-13-7-9-14(10-8-13)20-16(17-5-2)18-11-15-19-12(3)22-21-15/h13-14H,4-11H2,1-3H3,(H2,17,18,20). The molecule has 0 bridgehead atoms. The van der Waals surface area contributed by atoms with Crippen LogP contribution in [0.3, 0.4) is 0 Å². The summed E-state index contributed by atoms with van der Waals surface area (Å²) in [4.78, 5) is 8.74. The molecule has 0 aromatic carbocycles. The van der Waals surface area contributed by atoms with Crippen LogP contribution in [-0.2, 0) is 6.54 Å². The molecule has 0 spiro atoms. The van der Waals surface area contributed by atoms with Gasteiger partial charge in [0, 0.05) is 19.5 Å². The van der Waals surface area contributed by atoms with Crippen LogP contribution < -0.4 is 10.6 Å². The van der Waals surface area contributed by atoms with Crippen molar-refractivity contribution in [2.45, 2.75) is 71.9 Å². The van der Waals surface area contributed by atoms with Gasteiger partial charge in [-0.25, -0.2) is 4.99 Å². The molecule has 1 aromatic heterocycles. The van der Waals surface area contributed by atoms with Gasteiger partial charge in [0.1, 0.15) is 6.54 Å². The highest BCUT2D eigenvalue weighted by Gasteiger charge is 2.21. The van der Waals surface area contributed by atoms with Crippen LogP contribution in [0.15, 0.2) is 9.52 Å². The zero-order valence-corrected chi connectivity index (χ0v) is 14.1. The van der Waals surface area contributed by atoms with Crippen LogP contribution in [0.5, 0.6) is 0 Å². The van der Waals surface area contributed by atoms with Gasteiger partial charge in [0.25, 0.3) is 0 Å². The number of hydrogen-bond acceptors (Lipinski definition) is 4. The first kappa shape index (κ1) is 16.8. The van der Waals surface area contributed by atoms with Crippen LogP contribution in [0.1, 0.15) is 64.1 Å². The van der Waals surface area contributed by atoms with Crippen LogP contribution in [0.2, 0.25) is 0 Å². The molecule has 6 nitrogen and oxygen atoms in total. The Kier molecular flexibility index (Phi) is 6.68. The molecule has 1 saturated carbocycles. The molecule has 0 unspecified atom stereocenters. The summed E-state index contributed by atoms with van der Waals surface area (Å²) in [5.41, 5.74) is 0. The molecule has 6 heteroatoms. The second kappa shape index (κ2) is 8.76. The molecule has 0 radical (unpaired) electrons. The van der Waals surface area contributed by atoms with Crippen molar-refractivity contribution in [2.24, 2.45) is 10.9 Å². The van der Waals surface area contributed by atoms with E-state index in [-0.39, 0.29) is 0 Å². The molecule has 0 atom stereocenters. The first-order valence-corrected chi connectivity index (χ1v) is 8.55. The highest BCUT2D eigenvalue weighted by atomic mass is 16.5. The van der Waals surface area contributed by atoms with E-state index in [9.17, 15) is 0 Å². The Morgan fingerprint density at radius 1 is 1.27 bits per heavy atom. The fourth-order valence-corrected chi connectivity index (χ4v) is 3.07. The molecule has 1 aliphatic carbocycles. The summed E-state index contributed by atoms with van der Waals surface area (Å²) in [6.07, 6.45) is 7.80. The van der Waals surface area contributed by atoms with E-state index in [1.807, 2.05) is 0 Å². The summed E-state index contributed by atoms with van der Waals surface area (Å²) in [5.74, 6) is 2.98. The Morgan fingerprint density at radius 3 is 2.64 bits per heavy atom. The van der Waals surface area contributed by atoms with Crippen molar-refractivity contribution >= 4 is 5.96 Å². The third-order valence-corrected chi connectivity index (χ3v) is 4.18. The maximum absolute atomic E-state index is 4.97. The number of hydrogen-bond donors (Lipinski definition) is 2. The van der Waals surface area contributed by atoms with E-state index in [4.69, 9.17) is 4.52 Å². The maximum Gasteiger partial charge on any atom is 0.223 e. The molecular weight excluding hydrogens is 278 g/mol. The predicted octanol–water partition coefficient (Wildman–Crippen LogP) is 2.79. The van der Waals surface area contributed by atoms with Crippen molar-refractivity contribution in [3.8, 4) is 0 Å². The lowest BCUT2D eigenvalue weighted by Gasteiger charge is -2.30. The van der Waals surface area contributed by atoms with E-state index in [1.165, 1.54) is 38.5 Å². The smallest absolute Gasteiger partial charge is 0.223 e. The fraction of sp³-hybridized carbons (Fsp3) is 0.812. The van der Waals surface area contributed by atoms with Gasteiger partial charge in [-0.3, -0.25) is 0 Å². The van der Waals surface area contributed by atoms with Crippen LogP contribution in [0.25, 0.3) is 0 Å². The predicted molar refractivity (Wildman–Crippen MR) is 87.6 cm³/mol. The van der Waals surface area contributed by atoms with Gasteiger partial charge in [-0.05, 0) is 38.5 Å². The molecule has 0 amide bonds. The third kappa shape index (κ3) is 5.31. The lowest BCUT2D eigenvalue weighted by atomic mass is 9.83. The summed E-state index contributed by atoms with van der Waals surface area (Å²) >= 11 is 0. The zero-order valence-electron chi connectivity index (χ0n) is 14.1. The maximum atomic E-state index is 4.97. The van der Waals surface area contributed by atoms with E-state index in [2.05, 4.69) is 39.6 Å². The Labute approximate surface area is 133 Å². The number of aryl methyl sites for hydroxylation is 1. The molecule has 1 aliphatic rings. The van der Waals surface area contributed by atoms with Crippen LogP contribution >= 0.6 is 0 Å².